The third kappa shape index (κ3) is 3.54. The van der Waals surface area contributed by atoms with Crippen molar-refractivity contribution in [2.75, 3.05) is 6.54 Å². The summed E-state index contributed by atoms with van der Waals surface area (Å²) in [5.74, 6) is -1.01. The van der Waals surface area contributed by atoms with Gasteiger partial charge in [0, 0.05) is 12.2 Å². The number of H-pyrrole nitrogens is 1. The molecule has 2 N–H and O–H groups in total. The highest BCUT2D eigenvalue weighted by molar-refractivity contribution is 6.32. The van der Waals surface area contributed by atoms with Crippen molar-refractivity contribution in [1.29, 1.82) is 0 Å². The van der Waals surface area contributed by atoms with Gasteiger partial charge >= 0.3 is 0 Å². The second kappa shape index (κ2) is 6.47. The minimum absolute atomic E-state index is 0.00502. The summed E-state index contributed by atoms with van der Waals surface area (Å²) >= 11 is 5.75. The Bertz CT molecular complexity index is 614. The Hall–Kier alpha value is -1.95. The Labute approximate surface area is 120 Å². The molecule has 0 unspecified atom stereocenters. The lowest BCUT2D eigenvalue weighted by Crippen LogP contribution is -2.25. The maximum atomic E-state index is 13.0. The Morgan fingerprint density at radius 3 is 3.00 bits per heavy atom. The summed E-state index contributed by atoms with van der Waals surface area (Å²) in [4.78, 5) is 15.4. The van der Waals surface area contributed by atoms with Crippen LogP contribution in [0.4, 0.5) is 4.39 Å². The molecule has 2 rings (SSSR count). The quantitative estimate of drug-likeness (QED) is 0.657. The fourth-order valence-corrected chi connectivity index (χ4v) is 1.97. The monoisotopic (exact) mass is 296 g/mol. The van der Waals surface area contributed by atoms with Gasteiger partial charge in [0.2, 0.25) is 0 Å². The van der Waals surface area contributed by atoms with Crippen LogP contribution < -0.4 is 5.32 Å². The number of aromatic nitrogens is 3. The van der Waals surface area contributed by atoms with Gasteiger partial charge in [-0.15, -0.1) is 0 Å². The Morgan fingerprint density at radius 2 is 2.30 bits per heavy atom. The van der Waals surface area contributed by atoms with Crippen molar-refractivity contribution in [3.63, 3.8) is 0 Å². The molecule has 20 heavy (non-hydrogen) atoms. The van der Waals surface area contributed by atoms with Crippen LogP contribution in [-0.4, -0.2) is 27.6 Å². The van der Waals surface area contributed by atoms with Gasteiger partial charge in [-0.3, -0.25) is 9.89 Å². The van der Waals surface area contributed by atoms with E-state index in [1.54, 1.807) is 6.20 Å². The van der Waals surface area contributed by atoms with Crippen LogP contribution in [0.2, 0.25) is 5.15 Å². The molecule has 0 radical (unpaired) electrons. The molecule has 0 atom stereocenters. The minimum Gasteiger partial charge on any atom is -0.352 e. The SMILES string of the molecule is Cc1[nH]ncc1CCCNC(=O)c1cc(F)cnc1Cl. The fourth-order valence-electron chi connectivity index (χ4n) is 1.79. The van der Waals surface area contributed by atoms with Gasteiger partial charge in [0.15, 0.2) is 0 Å². The van der Waals surface area contributed by atoms with Gasteiger partial charge in [-0.05, 0) is 31.4 Å². The summed E-state index contributed by atoms with van der Waals surface area (Å²) in [6.07, 6.45) is 4.30. The van der Waals surface area contributed by atoms with Crippen LogP contribution in [0.25, 0.3) is 0 Å². The number of carbonyl (C=O) groups is 1. The number of rotatable bonds is 5. The van der Waals surface area contributed by atoms with Crippen molar-refractivity contribution < 1.29 is 9.18 Å². The molecule has 0 aliphatic heterocycles. The van der Waals surface area contributed by atoms with E-state index in [9.17, 15) is 9.18 Å². The first-order valence-corrected chi connectivity index (χ1v) is 6.54. The molecule has 0 aliphatic rings. The van der Waals surface area contributed by atoms with E-state index in [-0.39, 0.29) is 10.7 Å². The van der Waals surface area contributed by atoms with Crippen LogP contribution in [0.15, 0.2) is 18.5 Å². The van der Waals surface area contributed by atoms with Crippen LogP contribution in [0.3, 0.4) is 0 Å². The third-order valence-electron chi connectivity index (χ3n) is 2.89. The number of aryl methyl sites for hydroxylation is 2. The number of nitrogens with one attached hydrogen (secondary N) is 2. The zero-order valence-corrected chi connectivity index (χ0v) is 11.7. The lowest BCUT2D eigenvalue weighted by Gasteiger charge is -2.06. The lowest BCUT2D eigenvalue weighted by atomic mass is 10.1. The Balaban J connectivity index is 1.83. The predicted octanol–water partition coefficient (Wildman–Crippen LogP) is 2.27. The maximum absolute atomic E-state index is 13.0. The van der Waals surface area contributed by atoms with E-state index in [0.29, 0.717) is 6.54 Å². The van der Waals surface area contributed by atoms with Crippen molar-refractivity contribution in [1.82, 2.24) is 20.5 Å². The van der Waals surface area contributed by atoms with Crippen molar-refractivity contribution >= 4 is 17.5 Å². The molecule has 0 fully saturated rings. The Morgan fingerprint density at radius 1 is 1.50 bits per heavy atom. The smallest absolute Gasteiger partial charge is 0.254 e. The first-order chi connectivity index (χ1) is 9.58. The van der Waals surface area contributed by atoms with E-state index < -0.39 is 11.7 Å². The molecule has 7 heteroatoms. The van der Waals surface area contributed by atoms with Crippen LogP contribution >= 0.6 is 11.6 Å². The largest absolute Gasteiger partial charge is 0.352 e. The number of nitrogens with zero attached hydrogens (tertiary/aromatic N) is 2. The molecule has 1 amide bonds. The number of halogens is 2. The predicted molar refractivity (Wildman–Crippen MR) is 73.2 cm³/mol. The average molecular weight is 297 g/mol. The standard InChI is InChI=1S/C13H14ClFN4O/c1-8-9(6-18-19-8)3-2-4-16-13(20)11-5-10(15)7-17-12(11)14/h5-7H,2-4H2,1H3,(H,16,20)(H,18,19). The van der Waals surface area contributed by atoms with E-state index in [1.165, 1.54) is 0 Å². The van der Waals surface area contributed by atoms with Crippen molar-refractivity contribution in [3.05, 3.63) is 46.3 Å². The number of carbonyl (C=O) groups excluding carboxylic acids is 1. The zero-order valence-electron chi connectivity index (χ0n) is 10.9. The van der Waals surface area contributed by atoms with E-state index in [4.69, 9.17) is 11.6 Å². The molecule has 5 nitrogen and oxygen atoms in total. The van der Waals surface area contributed by atoms with E-state index in [2.05, 4.69) is 20.5 Å². The van der Waals surface area contributed by atoms with Gasteiger partial charge in [-0.2, -0.15) is 5.10 Å². The normalized spacial score (nSPS) is 10.6. The number of hydrogen-bond acceptors (Lipinski definition) is 3. The summed E-state index contributed by atoms with van der Waals surface area (Å²) in [5.41, 5.74) is 2.18. The molecule has 0 bridgehead atoms. The molecule has 0 spiro atoms. The van der Waals surface area contributed by atoms with Crippen LogP contribution in [0, 0.1) is 12.7 Å². The van der Waals surface area contributed by atoms with Gasteiger partial charge in [0.1, 0.15) is 11.0 Å². The van der Waals surface area contributed by atoms with Gasteiger partial charge in [0.05, 0.1) is 18.0 Å². The number of aromatic amines is 1. The summed E-state index contributed by atoms with van der Waals surface area (Å²) in [6.45, 7) is 2.41. The number of hydrogen-bond donors (Lipinski definition) is 2. The Kier molecular flexibility index (Phi) is 4.68. The van der Waals surface area contributed by atoms with Gasteiger partial charge in [-0.1, -0.05) is 11.6 Å². The van der Waals surface area contributed by atoms with E-state index >= 15 is 0 Å². The highest BCUT2D eigenvalue weighted by atomic mass is 35.5. The average Bonchev–Trinajstić information content (AvgIpc) is 2.83. The van der Waals surface area contributed by atoms with E-state index in [0.717, 1.165) is 36.4 Å². The van der Waals surface area contributed by atoms with Crippen LogP contribution in [-0.2, 0) is 6.42 Å². The molecule has 2 aromatic heterocycles. The number of pyridine rings is 1. The van der Waals surface area contributed by atoms with Crippen molar-refractivity contribution in [2.45, 2.75) is 19.8 Å². The molecular formula is C13H14ClFN4O. The van der Waals surface area contributed by atoms with Crippen LogP contribution in [0.1, 0.15) is 28.0 Å². The minimum atomic E-state index is -0.589. The second-order valence-electron chi connectivity index (χ2n) is 4.37. The molecular weight excluding hydrogens is 283 g/mol. The van der Waals surface area contributed by atoms with Crippen molar-refractivity contribution in [2.24, 2.45) is 0 Å². The molecule has 2 heterocycles. The second-order valence-corrected chi connectivity index (χ2v) is 4.73. The lowest BCUT2D eigenvalue weighted by molar-refractivity contribution is 0.0952. The highest BCUT2D eigenvalue weighted by Gasteiger charge is 2.12. The van der Waals surface area contributed by atoms with Gasteiger partial charge in [-0.25, -0.2) is 9.37 Å². The first kappa shape index (κ1) is 14.5. The number of amides is 1. The maximum Gasteiger partial charge on any atom is 0.254 e. The summed E-state index contributed by atoms with van der Waals surface area (Å²) in [6, 6.07) is 1.07. The van der Waals surface area contributed by atoms with Gasteiger partial charge < -0.3 is 5.32 Å². The molecule has 0 saturated heterocycles. The fraction of sp³-hybridized carbons (Fsp3) is 0.308. The first-order valence-electron chi connectivity index (χ1n) is 6.16. The molecule has 0 aromatic carbocycles. The van der Waals surface area contributed by atoms with Crippen molar-refractivity contribution in [3.8, 4) is 0 Å². The zero-order chi connectivity index (χ0) is 14.5. The van der Waals surface area contributed by atoms with Gasteiger partial charge in [0.25, 0.3) is 5.91 Å². The van der Waals surface area contributed by atoms with E-state index in [1.807, 2.05) is 6.92 Å². The topological polar surface area (TPSA) is 70.7 Å². The molecule has 0 saturated carbocycles. The molecule has 106 valence electrons. The highest BCUT2D eigenvalue weighted by Crippen LogP contribution is 2.13. The molecule has 2 aromatic rings. The summed E-state index contributed by atoms with van der Waals surface area (Å²) < 4.78 is 13.0. The van der Waals surface area contributed by atoms with Crippen LogP contribution in [0.5, 0.6) is 0 Å². The summed E-state index contributed by atoms with van der Waals surface area (Å²) in [7, 11) is 0. The summed E-state index contributed by atoms with van der Waals surface area (Å²) in [5, 5.41) is 9.46. The third-order valence-corrected chi connectivity index (χ3v) is 3.19. The molecule has 0 aliphatic carbocycles.